The second kappa shape index (κ2) is 5.02. The van der Waals surface area contributed by atoms with Gasteiger partial charge in [-0.1, -0.05) is 46.5 Å². The van der Waals surface area contributed by atoms with Crippen LogP contribution >= 0.6 is 0 Å². The summed E-state index contributed by atoms with van der Waals surface area (Å²) < 4.78 is 13.7. The molecule has 0 spiro atoms. The van der Waals surface area contributed by atoms with E-state index in [1.807, 2.05) is 20.8 Å². The molecule has 0 bridgehead atoms. The molecule has 0 aromatic carbocycles. The van der Waals surface area contributed by atoms with E-state index >= 15 is 0 Å². The van der Waals surface area contributed by atoms with Gasteiger partial charge in [0.05, 0.1) is 1.37 Å². The molecule has 1 saturated carbocycles. The van der Waals surface area contributed by atoms with Crippen LogP contribution in [0.1, 0.15) is 54.2 Å². The highest BCUT2D eigenvalue weighted by Gasteiger charge is 2.50. The van der Waals surface area contributed by atoms with E-state index in [4.69, 9.17) is 6.11 Å². The van der Waals surface area contributed by atoms with Gasteiger partial charge in [-0.05, 0) is 12.3 Å². The molecule has 19 heavy (non-hydrogen) atoms. The molecule has 1 N–H and O–H groups in total. The van der Waals surface area contributed by atoms with E-state index in [1.54, 1.807) is 0 Å². The van der Waals surface area contributed by atoms with Crippen molar-refractivity contribution in [2.75, 3.05) is 0 Å². The average molecular weight is 270 g/mol. The third-order valence-electron chi connectivity index (χ3n) is 3.88. The number of carbonyl (C=O) groups is 2. The molecule has 1 aliphatic carbocycles. The van der Waals surface area contributed by atoms with Crippen molar-refractivity contribution in [3.63, 3.8) is 0 Å². The van der Waals surface area contributed by atoms with Crippen molar-refractivity contribution in [2.24, 2.45) is 11.3 Å². The van der Waals surface area contributed by atoms with Crippen LogP contribution < -0.4 is 0 Å². The molecule has 5 heteroatoms. The van der Waals surface area contributed by atoms with Crippen LogP contribution in [0.25, 0.3) is 0 Å². The molecule has 2 atom stereocenters. The topological polar surface area (TPSA) is 66.8 Å². The van der Waals surface area contributed by atoms with Crippen LogP contribution in [-0.4, -0.2) is 34.3 Å². The van der Waals surface area contributed by atoms with Crippen molar-refractivity contribution in [3.8, 4) is 0 Å². The van der Waals surface area contributed by atoms with Crippen molar-refractivity contribution >= 4 is 12.1 Å². The minimum Gasteiger partial charge on any atom is -0.465 e. The van der Waals surface area contributed by atoms with Gasteiger partial charge in [-0.25, -0.2) is 9.59 Å². The predicted octanol–water partition coefficient (Wildman–Crippen LogP) is 2.84. The standard InChI is InChI=1S/C14H23NO4/c1-14(2,3)12-15(13(17)18)10(11(16)19-12)8-9-6-4-5-7-9/h9-10,12H,4-8H2,1-3H3,(H,17,18)/t10-,12+/m0/s1/i10D. The van der Waals surface area contributed by atoms with Crippen molar-refractivity contribution in [1.82, 2.24) is 4.90 Å². The van der Waals surface area contributed by atoms with Gasteiger partial charge >= 0.3 is 12.1 Å². The van der Waals surface area contributed by atoms with Crippen molar-refractivity contribution in [1.29, 1.82) is 0 Å². The van der Waals surface area contributed by atoms with Crippen LogP contribution in [0, 0.1) is 11.3 Å². The van der Waals surface area contributed by atoms with Crippen LogP contribution in [0.15, 0.2) is 0 Å². The fourth-order valence-electron chi connectivity index (χ4n) is 2.91. The summed E-state index contributed by atoms with van der Waals surface area (Å²) in [6.45, 7) is 5.42. The molecule has 1 saturated heterocycles. The first-order valence-electron chi connectivity index (χ1n) is 7.39. The van der Waals surface area contributed by atoms with Gasteiger partial charge in [0.25, 0.3) is 0 Å². The number of hydrogen-bond donors (Lipinski definition) is 1. The first-order chi connectivity index (χ1) is 9.16. The van der Waals surface area contributed by atoms with Crippen LogP contribution in [0.5, 0.6) is 0 Å². The first kappa shape index (κ1) is 12.8. The van der Waals surface area contributed by atoms with E-state index in [1.165, 1.54) is 0 Å². The third-order valence-corrected chi connectivity index (χ3v) is 3.88. The van der Waals surface area contributed by atoms with E-state index < -0.39 is 29.7 Å². The van der Waals surface area contributed by atoms with Gasteiger partial charge in [0.15, 0.2) is 6.23 Å². The number of nitrogens with zero attached hydrogens (tertiary/aromatic N) is 1. The van der Waals surface area contributed by atoms with Gasteiger partial charge in [0, 0.05) is 5.41 Å². The Morgan fingerprint density at radius 2 is 2.05 bits per heavy atom. The molecular formula is C14H23NO4. The third kappa shape index (κ3) is 2.85. The molecule has 5 nitrogen and oxygen atoms in total. The molecule has 2 rings (SSSR count). The van der Waals surface area contributed by atoms with E-state index in [0.29, 0.717) is 0 Å². The van der Waals surface area contributed by atoms with Gasteiger partial charge in [-0.3, -0.25) is 4.90 Å². The van der Waals surface area contributed by atoms with Crippen LogP contribution in [-0.2, 0) is 9.53 Å². The Balaban J connectivity index is 2.29. The van der Waals surface area contributed by atoms with E-state index in [-0.39, 0.29) is 12.3 Å². The molecule has 108 valence electrons. The summed E-state index contributed by atoms with van der Waals surface area (Å²) in [5, 5.41) is 9.45. The predicted molar refractivity (Wildman–Crippen MR) is 69.6 cm³/mol. The van der Waals surface area contributed by atoms with E-state index in [0.717, 1.165) is 30.6 Å². The Morgan fingerprint density at radius 3 is 2.53 bits per heavy atom. The molecule has 1 heterocycles. The van der Waals surface area contributed by atoms with Gasteiger partial charge in [0.1, 0.15) is 6.02 Å². The monoisotopic (exact) mass is 270 g/mol. The smallest absolute Gasteiger partial charge is 0.410 e. The number of rotatable bonds is 2. The summed E-state index contributed by atoms with van der Waals surface area (Å²) in [7, 11) is 0. The van der Waals surface area contributed by atoms with Crippen LogP contribution in [0.4, 0.5) is 4.79 Å². The molecule has 0 aromatic heterocycles. The van der Waals surface area contributed by atoms with Crippen molar-refractivity contribution in [3.05, 3.63) is 0 Å². The number of cyclic esters (lactones) is 1. The van der Waals surface area contributed by atoms with Gasteiger partial charge < -0.3 is 9.84 Å². The Bertz CT molecular complexity index is 414. The SMILES string of the molecule is [2H][C@]1(CC2CCCC2)C(=O)O[C@H](C(C)(C)C)N1C(=O)O. The molecule has 1 aliphatic heterocycles. The second-order valence-corrected chi connectivity index (χ2v) is 6.58. The lowest BCUT2D eigenvalue weighted by Gasteiger charge is -2.32. The zero-order valence-corrected chi connectivity index (χ0v) is 11.8. The summed E-state index contributed by atoms with van der Waals surface area (Å²) in [6.07, 6.45) is 2.18. The molecule has 0 unspecified atom stereocenters. The van der Waals surface area contributed by atoms with Crippen LogP contribution in [0.2, 0.25) is 0 Å². The lowest BCUT2D eigenvalue weighted by molar-refractivity contribution is -0.147. The minimum absolute atomic E-state index is 0.237. The number of ether oxygens (including phenoxy) is 1. The fourth-order valence-corrected chi connectivity index (χ4v) is 2.91. The number of carboxylic acid groups (broad SMARTS) is 1. The second-order valence-electron chi connectivity index (χ2n) is 6.58. The maximum atomic E-state index is 12.1. The summed E-state index contributed by atoms with van der Waals surface area (Å²) in [6, 6.07) is -1.79. The van der Waals surface area contributed by atoms with Crippen LogP contribution in [0.3, 0.4) is 0 Å². The largest absolute Gasteiger partial charge is 0.465 e. The maximum absolute atomic E-state index is 12.1. The lowest BCUT2D eigenvalue weighted by Crippen LogP contribution is -2.47. The molecule has 2 aliphatic rings. The summed E-state index contributed by atoms with van der Waals surface area (Å²) in [5.41, 5.74) is -0.549. The van der Waals surface area contributed by atoms with Crippen molar-refractivity contribution in [2.45, 2.75) is 65.1 Å². The van der Waals surface area contributed by atoms with Crippen molar-refractivity contribution < 1.29 is 20.8 Å². The quantitative estimate of drug-likeness (QED) is 0.783. The highest BCUT2D eigenvalue weighted by molar-refractivity contribution is 5.84. The summed E-state index contributed by atoms with van der Waals surface area (Å²) >= 11 is 0. The number of carbonyl (C=O) groups excluding carboxylic acids is 1. The number of hydrogen-bond acceptors (Lipinski definition) is 3. The summed E-state index contributed by atoms with van der Waals surface area (Å²) in [4.78, 5) is 24.6. The van der Waals surface area contributed by atoms with E-state index in [9.17, 15) is 14.7 Å². The highest BCUT2D eigenvalue weighted by Crippen LogP contribution is 2.37. The number of esters is 1. The normalized spacial score (nSPS) is 33.4. The first-order valence-corrected chi connectivity index (χ1v) is 6.89. The Hall–Kier alpha value is -1.26. The van der Waals surface area contributed by atoms with Gasteiger partial charge in [-0.15, -0.1) is 0 Å². The minimum atomic E-state index is -1.79. The molecule has 1 amide bonds. The molecule has 0 radical (unpaired) electrons. The Kier molecular flexibility index (Phi) is 3.37. The van der Waals surface area contributed by atoms with Gasteiger partial charge in [0.2, 0.25) is 0 Å². The summed E-state index contributed by atoms with van der Waals surface area (Å²) in [5.74, 6) is -0.493. The molecule has 2 fully saturated rings. The zero-order valence-electron chi connectivity index (χ0n) is 12.8. The fraction of sp³-hybridized carbons (Fsp3) is 0.857. The van der Waals surface area contributed by atoms with E-state index in [2.05, 4.69) is 0 Å². The molecular weight excluding hydrogens is 246 g/mol. The zero-order chi connectivity index (χ0) is 15.1. The maximum Gasteiger partial charge on any atom is 0.410 e. The Morgan fingerprint density at radius 1 is 1.47 bits per heavy atom. The highest BCUT2D eigenvalue weighted by atomic mass is 16.6. The number of amides is 1. The lowest BCUT2D eigenvalue weighted by atomic mass is 9.92. The average Bonchev–Trinajstić information content (AvgIpc) is 2.86. The van der Waals surface area contributed by atoms with Gasteiger partial charge in [-0.2, -0.15) is 0 Å². The Labute approximate surface area is 115 Å². The molecule has 0 aromatic rings.